The zero-order valence-electron chi connectivity index (χ0n) is 16.3. The van der Waals surface area contributed by atoms with Crippen LogP contribution in [0, 0.1) is 5.82 Å². The highest BCUT2D eigenvalue weighted by molar-refractivity contribution is 5.84. The van der Waals surface area contributed by atoms with Crippen LogP contribution in [0.3, 0.4) is 0 Å². The van der Waals surface area contributed by atoms with Crippen LogP contribution in [0.2, 0.25) is 0 Å². The zero-order chi connectivity index (χ0) is 21.0. The Labute approximate surface area is 167 Å². The SMILES string of the molecule is COC(=O)C1(CCCc2c(F)cnc3ccc(OC)cc23)CN(C(=O)O)CCO1. The van der Waals surface area contributed by atoms with Gasteiger partial charge in [-0.15, -0.1) is 0 Å². The van der Waals surface area contributed by atoms with Crippen LogP contribution in [0.25, 0.3) is 10.9 Å². The number of hydrogen-bond acceptors (Lipinski definition) is 6. The Morgan fingerprint density at radius 3 is 2.86 bits per heavy atom. The molecule has 1 aromatic heterocycles. The second-order valence-corrected chi connectivity index (χ2v) is 6.86. The van der Waals surface area contributed by atoms with Crippen LogP contribution in [-0.2, 0) is 20.7 Å². The number of pyridine rings is 1. The number of ether oxygens (including phenoxy) is 3. The lowest BCUT2D eigenvalue weighted by atomic mass is 9.92. The van der Waals surface area contributed by atoms with Gasteiger partial charge in [0.25, 0.3) is 0 Å². The summed E-state index contributed by atoms with van der Waals surface area (Å²) in [5.41, 5.74) is -0.307. The molecule has 1 unspecified atom stereocenters. The van der Waals surface area contributed by atoms with Gasteiger partial charge in [0.1, 0.15) is 11.6 Å². The Morgan fingerprint density at radius 2 is 2.17 bits per heavy atom. The van der Waals surface area contributed by atoms with E-state index in [1.807, 2.05) is 0 Å². The number of morpholine rings is 1. The van der Waals surface area contributed by atoms with Crippen LogP contribution in [-0.4, -0.2) is 66.6 Å². The first kappa shape index (κ1) is 20.8. The number of carboxylic acid groups (broad SMARTS) is 1. The summed E-state index contributed by atoms with van der Waals surface area (Å²) >= 11 is 0. The number of halogens is 1. The third-order valence-corrected chi connectivity index (χ3v) is 5.16. The average Bonchev–Trinajstić information content (AvgIpc) is 2.74. The minimum atomic E-state index is -1.40. The molecular formula is C20H23FN2O6. The molecule has 2 aromatic rings. The lowest BCUT2D eigenvalue weighted by Gasteiger charge is -2.39. The van der Waals surface area contributed by atoms with Gasteiger partial charge in [-0.2, -0.15) is 0 Å². The summed E-state index contributed by atoms with van der Waals surface area (Å²) in [4.78, 5) is 29.0. The van der Waals surface area contributed by atoms with E-state index in [2.05, 4.69) is 4.98 Å². The first-order valence-corrected chi connectivity index (χ1v) is 9.21. The minimum Gasteiger partial charge on any atom is -0.497 e. The zero-order valence-corrected chi connectivity index (χ0v) is 16.3. The highest BCUT2D eigenvalue weighted by atomic mass is 19.1. The van der Waals surface area contributed by atoms with Crippen LogP contribution in [0.5, 0.6) is 5.75 Å². The van der Waals surface area contributed by atoms with E-state index < -0.39 is 23.5 Å². The average molecular weight is 406 g/mol. The molecule has 2 heterocycles. The van der Waals surface area contributed by atoms with E-state index in [4.69, 9.17) is 14.2 Å². The molecule has 1 fully saturated rings. The minimum absolute atomic E-state index is 0.0884. The summed E-state index contributed by atoms with van der Waals surface area (Å²) in [6.45, 7) is 0.144. The van der Waals surface area contributed by atoms with Gasteiger partial charge in [-0.05, 0) is 43.0 Å². The van der Waals surface area contributed by atoms with E-state index in [1.165, 1.54) is 20.4 Å². The van der Waals surface area contributed by atoms with Crippen LogP contribution >= 0.6 is 0 Å². The topological polar surface area (TPSA) is 98.2 Å². The van der Waals surface area contributed by atoms with Crippen LogP contribution in [0.1, 0.15) is 18.4 Å². The molecule has 0 saturated carbocycles. The molecule has 1 amide bonds. The van der Waals surface area contributed by atoms with Crippen molar-refractivity contribution in [2.45, 2.75) is 24.9 Å². The van der Waals surface area contributed by atoms with Crippen LogP contribution in [0.15, 0.2) is 24.4 Å². The molecule has 1 aliphatic rings. The number of aromatic nitrogens is 1. The second-order valence-electron chi connectivity index (χ2n) is 6.86. The Kier molecular flexibility index (Phi) is 6.17. The van der Waals surface area contributed by atoms with Gasteiger partial charge in [-0.3, -0.25) is 4.98 Å². The number of nitrogens with zero attached hydrogens (tertiary/aromatic N) is 2. The lowest BCUT2D eigenvalue weighted by molar-refractivity contribution is -0.181. The van der Waals surface area contributed by atoms with E-state index in [-0.39, 0.29) is 26.1 Å². The smallest absolute Gasteiger partial charge is 0.407 e. The Bertz CT molecular complexity index is 921. The molecule has 156 valence electrons. The highest BCUT2D eigenvalue weighted by Gasteiger charge is 2.45. The third-order valence-electron chi connectivity index (χ3n) is 5.16. The van der Waals surface area contributed by atoms with E-state index in [1.54, 1.807) is 18.2 Å². The van der Waals surface area contributed by atoms with Gasteiger partial charge in [0.2, 0.25) is 0 Å². The van der Waals surface area contributed by atoms with Crippen molar-refractivity contribution in [3.8, 4) is 5.75 Å². The number of methoxy groups -OCH3 is 2. The summed E-state index contributed by atoms with van der Waals surface area (Å²) in [6.07, 6.45) is 0.934. The number of hydrogen-bond donors (Lipinski definition) is 1. The first-order valence-electron chi connectivity index (χ1n) is 9.21. The quantitative estimate of drug-likeness (QED) is 0.737. The van der Waals surface area contributed by atoms with Crippen molar-refractivity contribution >= 4 is 23.0 Å². The largest absolute Gasteiger partial charge is 0.497 e. The summed E-state index contributed by atoms with van der Waals surface area (Å²) in [5.74, 6) is -0.496. The normalized spacial score (nSPS) is 19.2. The van der Waals surface area contributed by atoms with Crippen molar-refractivity contribution in [3.05, 3.63) is 35.8 Å². The maximum absolute atomic E-state index is 14.5. The molecule has 1 saturated heterocycles. The number of amides is 1. The number of aryl methyl sites for hydroxylation is 1. The number of carbonyl (C=O) groups is 2. The van der Waals surface area contributed by atoms with Gasteiger partial charge in [0, 0.05) is 11.9 Å². The monoisotopic (exact) mass is 406 g/mol. The van der Waals surface area contributed by atoms with E-state index >= 15 is 0 Å². The summed E-state index contributed by atoms with van der Waals surface area (Å²) < 4.78 is 30.3. The fraction of sp³-hybridized carbons (Fsp3) is 0.450. The Morgan fingerprint density at radius 1 is 1.38 bits per heavy atom. The van der Waals surface area contributed by atoms with Gasteiger partial charge in [-0.25, -0.2) is 14.0 Å². The predicted molar refractivity (Wildman–Crippen MR) is 101 cm³/mol. The third kappa shape index (κ3) is 4.24. The van der Waals surface area contributed by atoms with Gasteiger partial charge in [-0.1, -0.05) is 0 Å². The van der Waals surface area contributed by atoms with Crippen molar-refractivity contribution in [2.75, 3.05) is 33.9 Å². The van der Waals surface area contributed by atoms with E-state index in [0.29, 0.717) is 35.1 Å². The van der Waals surface area contributed by atoms with E-state index in [0.717, 1.165) is 4.90 Å². The van der Waals surface area contributed by atoms with Gasteiger partial charge < -0.3 is 24.2 Å². The maximum Gasteiger partial charge on any atom is 0.407 e. The standard InChI is InChI=1S/C20H23FN2O6/c1-27-13-5-6-17-15(10-13)14(16(21)11-22-17)4-3-7-20(18(24)28-2)12-23(19(25)26)8-9-29-20/h5-6,10-11H,3-4,7-9,12H2,1-2H3,(H,25,26). The lowest BCUT2D eigenvalue weighted by Crippen LogP contribution is -2.58. The summed E-state index contributed by atoms with van der Waals surface area (Å²) in [5, 5.41) is 9.91. The fourth-order valence-electron chi connectivity index (χ4n) is 3.64. The van der Waals surface area contributed by atoms with Crippen molar-refractivity contribution in [3.63, 3.8) is 0 Å². The molecule has 1 atom stereocenters. The van der Waals surface area contributed by atoms with E-state index in [9.17, 15) is 19.1 Å². The Balaban J connectivity index is 1.82. The van der Waals surface area contributed by atoms with Crippen molar-refractivity contribution in [1.82, 2.24) is 9.88 Å². The van der Waals surface area contributed by atoms with Crippen LogP contribution in [0.4, 0.5) is 9.18 Å². The molecular weight excluding hydrogens is 383 g/mol. The second kappa shape index (κ2) is 8.60. The number of benzene rings is 1. The van der Waals surface area contributed by atoms with Crippen LogP contribution < -0.4 is 4.74 Å². The Hall–Kier alpha value is -2.94. The molecule has 1 aromatic carbocycles. The molecule has 29 heavy (non-hydrogen) atoms. The van der Waals surface area contributed by atoms with Crippen molar-refractivity contribution in [1.29, 1.82) is 0 Å². The summed E-state index contributed by atoms with van der Waals surface area (Å²) in [7, 11) is 2.76. The van der Waals surface area contributed by atoms with Gasteiger partial charge in [0.05, 0.1) is 39.1 Å². The number of rotatable bonds is 6. The molecule has 0 bridgehead atoms. The molecule has 1 N–H and O–H groups in total. The highest BCUT2D eigenvalue weighted by Crippen LogP contribution is 2.29. The molecule has 9 heteroatoms. The fourth-order valence-corrected chi connectivity index (χ4v) is 3.64. The predicted octanol–water partition coefficient (Wildman–Crippen LogP) is 2.63. The van der Waals surface area contributed by atoms with Gasteiger partial charge in [0.15, 0.2) is 5.60 Å². The molecule has 0 spiro atoms. The van der Waals surface area contributed by atoms with Crippen molar-refractivity contribution in [2.24, 2.45) is 0 Å². The summed E-state index contributed by atoms with van der Waals surface area (Å²) in [6, 6.07) is 5.22. The number of esters is 1. The van der Waals surface area contributed by atoms with Crippen molar-refractivity contribution < 1.29 is 33.3 Å². The number of carbonyl (C=O) groups excluding carboxylic acids is 1. The molecule has 8 nitrogen and oxygen atoms in total. The molecule has 3 rings (SSSR count). The van der Waals surface area contributed by atoms with Gasteiger partial charge >= 0.3 is 12.1 Å². The number of fused-ring (bicyclic) bond motifs is 1. The molecule has 0 aliphatic carbocycles. The molecule has 1 aliphatic heterocycles. The molecule has 0 radical (unpaired) electrons. The maximum atomic E-state index is 14.5. The first-order chi connectivity index (χ1) is 13.9.